The molecular formula is C5H12N2S2. The highest BCUT2D eigenvalue weighted by atomic mass is 32.2. The maximum atomic E-state index is 4.06. The third-order valence-corrected chi connectivity index (χ3v) is 2.09. The maximum absolute atomic E-state index is 4.06. The fraction of sp³-hybridized carbons (Fsp3) is 1.00. The minimum atomic E-state index is 1.10. The van der Waals surface area contributed by atoms with Crippen LogP contribution in [0.4, 0.5) is 0 Å². The standard InChI is InChI=1S/C5H12N2S2/c8-7(9)6-4-2-1-3-5-6/h8-9H,1-5H2. The Bertz CT molecular complexity index is 81.0. The lowest BCUT2D eigenvalue weighted by molar-refractivity contribution is 0.131. The van der Waals surface area contributed by atoms with Crippen molar-refractivity contribution in [2.45, 2.75) is 19.3 Å². The number of hydrogen-bond acceptors (Lipinski definition) is 4. The number of piperidine rings is 1. The van der Waals surface area contributed by atoms with Gasteiger partial charge in [-0.25, -0.2) is 5.01 Å². The molecule has 0 unspecified atom stereocenters. The van der Waals surface area contributed by atoms with Crippen molar-refractivity contribution in [2.75, 3.05) is 13.1 Å². The van der Waals surface area contributed by atoms with Crippen LogP contribution in [0.2, 0.25) is 0 Å². The zero-order chi connectivity index (χ0) is 6.69. The highest BCUT2D eigenvalue weighted by molar-refractivity contribution is 7.93. The van der Waals surface area contributed by atoms with E-state index in [1.165, 1.54) is 19.3 Å². The lowest BCUT2D eigenvalue weighted by Crippen LogP contribution is -2.34. The van der Waals surface area contributed by atoms with Crippen molar-refractivity contribution in [3.05, 3.63) is 0 Å². The molecule has 4 heteroatoms. The third-order valence-electron chi connectivity index (χ3n) is 1.59. The number of nitrogens with zero attached hydrogens (tertiary/aromatic N) is 2. The second kappa shape index (κ2) is 3.71. The molecule has 0 aliphatic carbocycles. The Hall–Kier alpha value is 0.620. The van der Waals surface area contributed by atoms with E-state index in [0.29, 0.717) is 0 Å². The molecule has 0 atom stereocenters. The van der Waals surface area contributed by atoms with Gasteiger partial charge in [-0.1, -0.05) is 32.1 Å². The summed E-state index contributed by atoms with van der Waals surface area (Å²) < 4.78 is 1.58. The number of thiol groups is 2. The van der Waals surface area contributed by atoms with Gasteiger partial charge in [0.25, 0.3) is 0 Å². The fourth-order valence-electron chi connectivity index (χ4n) is 1.06. The summed E-state index contributed by atoms with van der Waals surface area (Å²) in [5, 5.41) is 2.12. The Kier molecular flexibility index (Phi) is 3.18. The first-order valence-corrected chi connectivity index (χ1v) is 4.03. The van der Waals surface area contributed by atoms with Gasteiger partial charge in [-0.2, -0.15) is 0 Å². The van der Waals surface area contributed by atoms with E-state index < -0.39 is 0 Å². The molecule has 0 radical (unpaired) electrons. The van der Waals surface area contributed by atoms with Gasteiger partial charge in [-0.3, -0.25) is 0 Å². The van der Waals surface area contributed by atoms with Crippen LogP contribution in [0.25, 0.3) is 0 Å². The molecule has 0 bridgehead atoms. The summed E-state index contributed by atoms with van der Waals surface area (Å²) in [5.74, 6) is 0. The second-order valence-electron chi connectivity index (χ2n) is 2.28. The van der Waals surface area contributed by atoms with Crippen molar-refractivity contribution < 1.29 is 0 Å². The molecule has 0 amide bonds. The first-order valence-electron chi connectivity index (χ1n) is 3.23. The molecule has 0 saturated carbocycles. The molecule has 2 nitrogen and oxygen atoms in total. The smallest absolute Gasteiger partial charge is 0.0151 e. The van der Waals surface area contributed by atoms with E-state index in [-0.39, 0.29) is 0 Å². The van der Waals surface area contributed by atoms with Crippen LogP contribution in [-0.2, 0) is 0 Å². The van der Waals surface area contributed by atoms with Gasteiger partial charge in [0.1, 0.15) is 0 Å². The van der Waals surface area contributed by atoms with Gasteiger partial charge >= 0.3 is 0 Å². The lowest BCUT2D eigenvalue weighted by atomic mass is 10.2. The molecule has 1 saturated heterocycles. The minimum absolute atomic E-state index is 1.10. The Labute approximate surface area is 67.3 Å². The third kappa shape index (κ3) is 2.37. The Morgan fingerprint density at radius 2 is 1.56 bits per heavy atom. The highest BCUT2D eigenvalue weighted by Crippen LogP contribution is 2.13. The van der Waals surface area contributed by atoms with E-state index in [2.05, 4.69) is 30.6 Å². The molecule has 0 aromatic heterocycles. The number of hydrogen-bond donors (Lipinski definition) is 2. The van der Waals surface area contributed by atoms with Gasteiger partial charge in [-0.05, 0) is 12.8 Å². The molecule has 1 rings (SSSR count). The molecule has 0 aromatic carbocycles. The minimum Gasteiger partial charge on any atom is -0.222 e. The van der Waals surface area contributed by atoms with Crippen LogP contribution in [0.1, 0.15) is 19.3 Å². The van der Waals surface area contributed by atoms with Gasteiger partial charge in [0, 0.05) is 13.1 Å². The van der Waals surface area contributed by atoms with Crippen LogP contribution in [-0.4, -0.2) is 21.9 Å². The maximum Gasteiger partial charge on any atom is 0.0151 e. The quantitative estimate of drug-likeness (QED) is 0.565. The SMILES string of the molecule is SN(S)N1CCCCC1. The van der Waals surface area contributed by atoms with Crippen LogP contribution in [0.5, 0.6) is 0 Å². The van der Waals surface area contributed by atoms with Crippen molar-refractivity contribution in [3.8, 4) is 0 Å². The molecule has 9 heavy (non-hydrogen) atoms. The molecule has 1 aliphatic rings. The van der Waals surface area contributed by atoms with Crippen LogP contribution < -0.4 is 0 Å². The van der Waals surface area contributed by atoms with E-state index in [4.69, 9.17) is 0 Å². The topological polar surface area (TPSA) is 6.48 Å². The van der Waals surface area contributed by atoms with Crippen LogP contribution in [0.15, 0.2) is 0 Å². The van der Waals surface area contributed by atoms with Crippen molar-refractivity contribution in [1.82, 2.24) is 8.83 Å². The van der Waals surface area contributed by atoms with Gasteiger partial charge in [0.15, 0.2) is 0 Å². The fourth-order valence-corrected chi connectivity index (χ4v) is 1.41. The van der Waals surface area contributed by atoms with Crippen LogP contribution in [0, 0.1) is 0 Å². The molecule has 0 aromatic rings. The molecule has 1 fully saturated rings. The van der Waals surface area contributed by atoms with Gasteiger partial charge < -0.3 is 0 Å². The Morgan fingerprint density at radius 1 is 1.00 bits per heavy atom. The van der Waals surface area contributed by atoms with Crippen molar-refractivity contribution >= 4 is 25.6 Å². The van der Waals surface area contributed by atoms with E-state index in [1.54, 1.807) is 3.82 Å². The van der Waals surface area contributed by atoms with Crippen molar-refractivity contribution in [2.24, 2.45) is 0 Å². The molecule has 1 aliphatic heterocycles. The van der Waals surface area contributed by atoms with Gasteiger partial charge in [0.05, 0.1) is 0 Å². The summed E-state index contributed by atoms with van der Waals surface area (Å²) in [4.78, 5) is 0. The highest BCUT2D eigenvalue weighted by Gasteiger charge is 2.11. The zero-order valence-corrected chi connectivity index (χ0v) is 7.11. The first kappa shape index (κ1) is 7.72. The van der Waals surface area contributed by atoms with Gasteiger partial charge in [0.2, 0.25) is 0 Å². The largest absolute Gasteiger partial charge is 0.222 e. The summed E-state index contributed by atoms with van der Waals surface area (Å²) >= 11 is 8.13. The predicted octanol–water partition coefficient (Wildman–Crippen LogP) is 1.38. The van der Waals surface area contributed by atoms with E-state index in [9.17, 15) is 0 Å². The molecule has 0 N–H and O–H groups in total. The molecule has 1 heterocycles. The van der Waals surface area contributed by atoms with E-state index in [1.807, 2.05) is 0 Å². The Morgan fingerprint density at radius 3 is 1.89 bits per heavy atom. The number of rotatable bonds is 1. The van der Waals surface area contributed by atoms with Crippen molar-refractivity contribution in [3.63, 3.8) is 0 Å². The average Bonchev–Trinajstić information content (AvgIpc) is 1.90. The summed E-state index contributed by atoms with van der Waals surface area (Å²) in [5.41, 5.74) is 0. The molecular weight excluding hydrogens is 152 g/mol. The normalized spacial score (nSPS) is 23.0. The van der Waals surface area contributed by atoms with Crippen molar-refractivity contribution in [1.29, 1.82) is 0 Å². The number of hydrazine groups is 1. The van der Waals surface area contributed by atoms with E-state index >= 15 is 0 Å². The average molecular weight is 164 g/mol. The summed E-state index contributed by atoms with van der Waals surface area (Å²) in [6, 6.07) is 0. The second-order valence-corrected chi connectivity index (χ2v) is 3.36. The van der Waals surface area contributed by atoms with Crippen LogP contribution >= 0.6 is 25.6 Å². The zero-order valence-electron chi connectivity index (χ0n) is 5.32. The summed E-state index contributed by atoms with van der Waals surface area (Å²) in [6.07, 6.45) is 3.90. The van der Waals surface area contributed by atoms with E-state index in [0.717, 1.165) is 13.1 Å². The molecule has 0 spiro atoms. The summed E-state index contributed by atoms with van der Waals surface area (Å²) in [6.45, 7) is 2.21. The lowest BCUT2D eigenvalue weighted by Gasteiger charge is -2.29. The molecule has 54 valence electrons. The van der Waals surface area contributed by atoms with Gasteiger partial charge in [-0.15, -0.1) is 3.82 Å². The van der Waals surface area contributed by atoms with Crippen LogP contribution in [0.3, 0.4) is 0 Å². The summed E-state index contributed by atoms with van der Waals surface area (Å²) in [7, 11) is 0. The predicted molar refractivity (Wildman–Crippen MR) is 45.2 cm³/mol. The monoisotopic (exact) mass is 164 g/mol. The first-order chi connectivity index (χ1) is 4.30. The Balaban J connectivity index is 2.23.